The van der Waals surface area contributed by atoms with Gasteiger partial charge in [0.1, 0.15) is 10.8 Å². The van der Waals surface area contributed by atoms with Gasteiger partial charge in [-0.3, -0.25) is 4.79 Å². The summed E-state index contributed by atoms with van der Waals surface area (Å²) in [6.07, 6.45) is 2.16. The van der Waals surface area contributed by atoms with Crippen molar-refractivity contribution in [1.82, 2.24) is 4.90 Å². The van der Waals surface area contributed by atoms with Crippen molar-refractivity contribution in [1.29, 1.82) is 0 Å². The summed E-state index contributed by atoms with van der Waals surface area (Å²) >= 11 is 1.57. The van der Waals surface area contributed by atoms with Gasteiger partial charge in [0.25, 0.3) is 0 Å². The predicted molar refractivity (Wildman–Crippen MR) is 102 cm³/mol. The van der Waals surface area contributed by atoms with Crippen LogP contribution in [0.1, 0.15) is 35.7 Å². The average molecular weight is 349 g/mol. The van der Waals surface area contributed by atoms with Gasteiger partial charge < -0.3 is 9.64 Å². The Morgan fingerprint density at radius 2 is 1.80 bits per heavy atom. The fourth-order valence-electron chi connectivity index (χ4n) is 3.06. The van der Waals surface area contributed by atoms with Crippen LogP contribution in [0.15, 0.2) is 70.8 Å². The molecule has 4 heteroatoms. The number of carbonyl (C=O) groups excluding carboxylic acids is 1. The van der Waals surface area contributed by atoms with E-state index >= 15 is 0 Å². The Bertz CT molecular complexity index is 870. The van der Waals surface area contributed by atoms with Crippen LogP contribution < -0.4 is 4.74 Å². The lowest BCUT2D eigenvalue weighted by Gasteiger charge is -2.24. The minimum absolute atomic E-state index is 0.0256. The number of allylic oxidation sites excluding steroid dienone is 1. The molecule has 2 heterocycles. The Morgan fingerprint density at radius 3 is 2.56 bits per heavy atom. The molecular weight excluding hydrogens is 330 g/mol. The van der Waals surface area contributed by atoms with Crippen LogP contribution in [0.3, 0.4) is 0 Å². The lowest BCUT2D eigenvalue weighted by atomic mass is 10.1. The van der Waals surface area contributed by atoms with E-state index in [2.05, 4.69) is 29.4 Å². The molecule has 0 saturated heterocycles. The zero-order chi connectivity index (χ0) is 17.2. The first-order valence-corrected chi connectivity index (χ1v) is 9.43. The monoisotopic (exact) mass is 349 g/mol. The van der Waals surface area contributed by atoms with Gasteiger partial charge in [-0.25, -0.2) is 0 Å². The highest BCUT2D eigenvalue weighted by molar-refractivity contribution is 8.06. The smallest absolute Gasteiger partial charge is 0.234 e. The number of para-hydroxylation sites is 1. The van der Waals surface area contributed by atoms with Crippen molar-refractivity contribution < 1.29 is 9.53 Å². The van der Waals surface area contributed by atoms with Crippen molar-refractivity contribution in [3.63, 3.8) is 0 Å². The summed E-state index contributed by atoms with van der Waals surface area (Å²) in [5.74, 6) is 1.07. The number of benzene rings is 2. The highest BCUT2D eigenvalue weighted by Gasteiger charge is 2.35. The van der Waals surface area contributed by atoms with E-state index in [-0.39, 0.29) is 5.78 Å². The van der Waals surface area contributed by atoms with Crippen LogP contribution >= 0.6 is 11.8 Å². The van der Waals surface area contributed by atoms with Gasteiger partial charge in [0.2, 0.25) is 11.5 Å². The molecule has 0 spiro atoms. The van der Waals surface area contributed by atoms with Crippen LogP contribution in [0, 0.1) is 0 Å². The Labute approximate surface area is 152 Å². The number of unbranched alkanes of at least 4 members (excludes halogenated alkanes) is 1. The second-order valence-electron chi connectivity index (χ2n) is 6.05. The lowest BCUT2D eigenvalue weighted by molar-refractivity contribution is 0.101. The number of hydrogen-bond donors (Lipinski definition) is 0. The van der Waals surface area contributed by atoms with Gasteiger partial charge in [0, 0.05) is 12.0 Å². The first-order valence-electron chi connectivity index (χ1n) is 8.55. The molecular formula is C21H19NO2S. The summed E-state index contributed by atoms with van der Waals surface area (Å²) in [7, 11) is 0. The van der Waals surface area contributed by atoms with E-state index in [1.54, 1.807) is 11.8 Å². The van der Waals surface area contributed by atoms with E-state index in [0.29, 0.717) is 17.1 Å². The number of rotatable bonds is 4. The molecule has 0 atom stereocenters. The van der Waals surface area contributed by atoms with Gasteiger partial charge in [0.05, 0.1) is 11.3 Å². The van der Waals surface area contributed by atoms with Crippen molar-refractivity contribution in [2.24, 2.45) is 0 Å². The lowest BCUT2D eigenvalue weighted by Crippen LogP contribution is -2.21. The van der Waals surface area contributed by atoms with Crippen molar-refractivity contribution >= 4 is 23.2 Å². The molecule has 4 rings (SSSR count). The summed E-state index contributed by atoms with van der Waals surface area (Å²) < 4.78 is 5.93. The standard InChI is InChI=1S/C21H19NO2S/c1-2-3-13-22-17(15-9-5-4-6-10-15)14-25-21(22)20-19(23)16-11-7-8-12-18(16)24-20/h4-12,14H,2-3,13H2,1H3. The van der Waals surface area contributed by atoms with E-state index in [1.807, 2.05) is 42.5 Å². The second kappa shape index (κ2) is 6.81. The van der Waals surface area contributed by atoms with Gasteiger partial charge in [-0.05, 0) is 24.1 Å². The number of ketones is 1. The molecule has 0 unspecified atom stereocenters. The number of ether oxygens (including phenoxy) is 1. The number of fused-ring (bicyclic) bond motifs is 1. The summed E-state index contributed by atoms with van der Waals surface area (Å²) in [6.45, 7) is 3.05. The predicted octanol–water partition coefficient (Wildman–Crippen LogP) is 5.28. The molecule has 2 aromatic rings. The van der Waals surface area contributed by atoms with Crippen molar-refractivity contribution in [3.05, 3.63) is 81.9 Å². The van der Waals surface area contributed by atoms with Crippen LogP contribution in [0.5, 0.6) is 5.75 Å². The van der Waals surface area contributed by atoms with E-state index < -0.39 is 0 Å². The van der Waals surface area contributed by atoms with Gasteiger partial charge >= 0.3 is 0 Å². The molecule has 2 aliphatic rings. The van der Waals surface area contributed by atoms with Crippen LogP contribution in [-0.4, -0.2) is 17.2 Å². The van der Waals surface area contributed by atoms with Gasteiger partial charge in [-0.1, -0.05) is 67.6 Å². The van der Waals surface area contributed by atoms with Crippen LogP contribution in [0.2, 0.25) is 0 Å². The summed E-state index contributed by atoms with van der Waals surface area (Å²) in [6, 6.07) is 17.7. The molecule has 0 fully saturated rings. The first-order chi connectivity index (χ1) is 12.3. The SMILES string of the molecule is CCCCN1C(c2ccccc2)=CSC1=C1Oc2ccccc2C1=O. The fourth-order valence-corrected chi connectivity index (χ4v) is 4.10. The summed E-state index contributed by atoms with van der Waals surface area (Å²) in [5.41, 5.74) is 2.94. The van der Waals surface area contributed by atoms with Crippen LogP contribution in [0.4, 0.5) is 0 Å². The number of thioether (sulfide) groups is 1. The summed E-state index contributed by atoms with van der Waals surface area (Å²) in [5, 5.41) is 3.01. The van der Waals surface area contributed by atoms with Crippen molar-refractivity contribution in [2.45, 2.75) is 19.8 Å². The second-order valence-corrected chi connectivity index (χ2v) is 6.91. The molecule has 2 aromatic carbocycles. The molecule has 0 aliphatic carbocycles. The number of Topliss-reactive ketones (excluding diaryl/α,β-unsaturated/α-hetero) is 1. The number of nitrogens with zero attached hydrogens (tertiary/aromatic N) is 1. The zero-order valence-electron chi connectivity index (χ0n) is 14.1. The quantitative estimate of drug-likeness (QED) is 0.703. The molecule has 126 valence electrons. The summed E-state index contributed by atoms with van der Waals surface area (Å²) in [4.78, 5) is 15.0. The molecule has 0 saturated carbocycles. The van der Waals surface area contributed by atoms with E-state index in [1.165, 1.54) is 0 Å². The average Bonchev–Trinajstić information content (AvgIpc) is 3.22. The highest BCUT2D eigenvalue weighted by atomic mass is 32.2. The topological polar surface area (TPSA) is 29.5 Å². The molecule has 0 radical (unpaired) electrons. The Morgan fingerprint density at radius 1 is 1.04 bits per heavy atom. The molecule has 0 N–H and O–H groups in total. The highest BCUT2D eigenvalue weighted by Crippen LogP contribution is 2.44. The number of carbonyl (C=O) groups is 1. The minimum atomic E-state index is -0.0256. The van der Waals surface area contributed by atoms with Crippen LogP contribution in [-0.2, 0) is 0 Å². The largest absolute Gasteiger partial charge is 0.450 e. The maximum absolute atomic E-state index is 12.8. The van der Waals surface area contributed by atoms with Crippen molar-refractivity contribution in [2.75, 3.05) is 6.54 Å². The molecule has 0 bridgehead atoms. The van der Waals surface area contributed by atoms with E-state index in [4.69, 9.17) is 4.74 Å². The third-order valence-electron chi connectivity index (χ3n) is 4.37. The molecule has 3 nitrogen and oxygen atoms in total. The van der Waals surface area contributed by atoms with Gasteiger partial charge in [-0.15, -0.1) is 0 Å². The first kappa shape index (κ1) is 16.0. The minimum Gasteiger partial charge on any atom is -0.450 e. The third-order valence-corrected chi connectivity index (χ3v) is 5.34. The Kier molecular flexibility index (Phi) is 4.36. The van der Waals surface area contributed by atoms with Gasteiger partial charge in [0.15, 0.2) is 0 Å². The Balaban J connectivity index is 1.72. The molecule has 2 aliphatic heterocycles. The maximum Gasteiger partial charge on any atom is 0.234 e. The third kappa shape index (κ3) is 2.87. The fraction of sp³-hybridized carbons (Fsp3) is 0.190. The van der Waals surface area contributed by atoms with E-state index in [0.717, 1.165) is 35.7 Å². The van der Waals surface area contributed by atoms with Gasteiger partial charge in [-0.2, -0.15) is 0 Å². The van der Waals surface area contributed by atoms with E-state index in [9.17, 15) is 4.79 Å². The van der Waals surface area contributed by atoms with Crippen LogP contribution in [0.25, 0.3) is 5.70 Å². The Hall–Kier alpha value is -2.46. The normalized spacial score (nSPS) is 19.0. The molecule has 0 aromatic heterocycles. The molecule has 25 heavy (non-hydrogen) atoms. The van der Waals surface area contributed by atoms with Crippen molar-refractivity contribution in [3.8, 4) is 5.75 Å². The maximum atomic E-state index is 12.8. The molecule has 0 amide bonds. The number of hydrogen-bond acceptors (Lipinski definition) is 4. The zero-order valence-corrected chi connectivity index (χ0v) is 14.9.